The van der Waals surface area contributed by atoms with Crippen LogP contribution in [-0.2, 0) is 0 Å². The van der Waals surface area contributed by atoms with Crippen molar-refractivity contribution in [1.82, 2.24) is 5.32 Å². The van der Waals surface area contributed by atoms with Gasteiger partial charge in [0.2, 0.25) is 0 Å². The van der Waals surface area contributed by atoms with Crippen LogP contribution in [0.5, 0.6) is 0 Å². The Labute approximate surface area is 72.7 Å². The molecule has 2 fully saturated rings. The molecule has 2 aliphatic rings. The molecule has 0 spiro atoms. The van der Waals surface area contributed by atoms with Gasteiger partial charge >= 0.3 is 6.03 Å². The van der Waals surface area contributed by atoms with Crippen molar-refractivity contribution < 1.29 is 4.79 Å². The van der Waals surface area contributed by atoms with Gasteiger partial charge < -0.3 is 11.1 Å². The van der Waals surface area contributed by atoms with E-state index in [1.54, 1.807) is 0 Å². The Hall–Kier alpha value is -0.730. The molecule has 2 amide bonds. The number of nitrogens with two attached hydrogens (primary N) is 1. The Morgan fingerprint density at radius 2 is 1.75 bits per heavy atom. The minimum absolute atomic E-state index is 0.360. The molecule has 0 aromatic rings. The number of hydrogen-bond acceptors (Lipinski definition) is 1. The van der Waals surface area contributed by atoms with E-state index in [4.69, 9.17) is 5.73 Å². The van der Waals surface area contributed by atoms with E-state index in [9.17, 15) is 4.79 Å². The highest BCUT2D eigenvalue weighted by atomic mass is 16.2. The second kappa shape index (κ2) is 2.96. The monoisotopic (exact) mass is 168 g/mol. The van der Waals surface area contributed by atoms with E-state index in [0.717, 1.165) is 24.7 Å². The largest absolute Gasteiger partial charge is 0.352 e. The van der Waals surface area contributed by atoms with E-state index in [1.807, 2.05) is 0 Å². The third-order valence-electron chi connectivity index (χ3n) is 3.23. The van der Waals surface area contributed by atoms with Crippen molar-refractivity contribution in [3.8, 4) is 0 Å². The summed E-state index contributed by atoms with van der Waals surface area (Å²) in [6.45, 7) is 0. The van der Waals surface area contributed by atoms with Gasteiger partial charge in [-0.1, -0.05) is 12.8 Å². The van der Waals surface area contributed by atoms with E-state index >= 15 is 0 Å². The molecule has 2 bridgehead atoms. The molecule has 0 aliphatic heterocycles. The molecule has 0 aromatic carbocycles. The van der Waals surface area contributed by atoms with Gasteiger partial charge in [0.25, 0.3) is 0 Å². The topological polar surface area (TPSA) is 55.1 Å². The van der Waals surface area contributed by atoms with Crippen molar-refractivity contribution in [2.45, 2.75) is 38.1 Å². The highest BCUT2D eigenvalue weighted by Crippen LogP contribution is 2.41. The Morgan fingerprint density at radius 3 is 2.25 bits per heavy atom. The van der Waals surface area contributed by atoms with Crippen LogP contribution in [0.25, 0.3) is 0 Å². The van der Waals surface area contributed by atoms with E-state index in [0.29, 0.717) is 6.04 Å². The van der Waals surface area contributed by atoms with Crippen molar-refractivity contribution in [2.24, 2.45) is 17.6 Å². The van der Waals surface area contributed by atoms with Crippen LogP contribution in [0.2, 0.25) is 0 Å². The van der Waals surface area contributed by atoms with Gasteiger partial charge in [-0.15, -0.1) is 0 Å². The second-order valence-electron chi connectivity index (χ2n) is 4.22. The molecule has 2 aliphatic carbocycles. The molecule has 3 heteroatoms. The van der Waals surface area contributed by atoms with Crippen LogP contribution in [0, 0.1) is 11.8 Å². The maximum atomic E-state index is 10.6. The molecular weight excluding hydrogens is 152 g/mol. The van der Waals surface area contributed by atoms with Gasteiger partial charge in [-0.05, 0) is 31.1 Å². The van der Waals surface area contributed by atoms with Gasteiger partial charge in [0.05, 0.1) is 0 Å². The molecule has 3 nitrogen and oxygen atoms in total. The van der Waals surface area contributed by atoms with Gasteiger partial charge in [0, 0.05) is 6.04 Å². The van der Waals surface area contributed by atoms with Crippen molar-refractivity contribution in [3.63, 3.8) is 0 Å². The fourth-order valence-electron chi connectivity index (χ4n) is 2.83. The second-order valence-corrected chi connectivity index (χ2v) is 4.22. The predicted octanol–water partition coefficient (Wildman–Crippen LogP) is 1.23. The summed E-state index contributed by atoms with van der Waals surface area (Å²) in [5.41, 5.74) is 5.08. The number of fused-ring (bicyclic) bond motifs is 2. The highest BCUT2D eigenvalue weighted by molar-refractivity contribution is 5.71. The van der Waals surface area contributed by atoms with Crippen LogP contribution < -0.4 is 11.1 Å². The zero-order valence-corrected chi connectivity index (χ0v) is 7.25. The smallest absolute Gasteiger partial charge is 0.312 e. The fraction of sp³-hybridized carbons (Fsp3) is 0.889. The lowest BCUT2D eigenvalue weighted by atomic mass is 9.85. The number of urea groups is 1. The van der Waals surface area contributed by atoms with E-state index in [1.165, 1.54) is 19.3 Å². The lowest BCUT2D eigenvalue weighted by Crippen LogP contribution is -2.41. The van der Waals surface area contributed by atoms with E-state index < -0.39 is 0 Å². The van der Waals surface area contributed by atoms with E-state index in [2.05, 4.69) is 5.32 Å². The Kier molecular flexibility index (Phi) is 1.95. The van der Waals surface area contributed by atoms with Crippen LogP contribution in [0.1, 0.15) is 32.1 Å². The zero-order valence-electron chi connectivity index (χ0n) is 7.25. The SMILES string of the molecule is NC(=O)NC1CC2CCC(C2)C1. The zero-order chi connectivity index (χ0) is 8.55. The molecule has 0 radical (unpaired) electrons. The average molecular weight is 168 g/mol. The molecule has 2 rings (SSSR count). The lowest BCUT2D eigenvalue weighted by Gasteiger charge is -2.27. The summed E-state index contributed by atoms with van der Waals surface area (Å²) < 4.78 is 0. The number of carbonyl (C=O) groups excluding carboxylic acids is 1. The van der Waals surface area contributed by atoms with Gasteiger partial charge in [-0.2, -0.15) is 0 Å². The summed E-state index contributed by atoms with van der Waals surface area (Å²) in [6, 6.07) is 0.00931. The van der Waals surface area contributed by atoms with Crippen LogP contribution in [0.15, 0.2) is 0 Å². The normalized spacial score (nSPS) is 39.5. The van der Waals surface area contributed by atoms with Crippen LogP contribution >= 0.6 is 0 Å². The molecular formula is C9H16N2O. The minimum atomic E-state index is -0.360. The molecule has 0 saturated heterocycles. The summed E-state index contributed by atoms with van der Waals surface area (Å²) in [7, 11) is 0. The first-order chi connectivity index (χ1) is 5.74. The molecule has 2 atom stereocenters. The van der Waals surface area contributed by atoms with Crippen LogP contribution in [0.4, 0.5) is 4.79 Å². The van der Waals surface area contributed by atoms with Gasteiger partial charge in [0.15, 0.2) is 0 Å². The molecule has 12 heavy (non-hydrogen) atoms. The molecule has 0 aromatic heterocycles. The Balaban J connectivity index is 1.89. The third-order valence-corrected chi connectivity index (χ3v) is 3.23. The molecule has 2 saturated carbocycles. The first kappa shape index (κ1) is 7.90. The van der Waals surface area contributed by atoms with Gasteiger partial charge in [-0.25, -0.2) is 4.79 Å². The van der Waals surface area contributed by atoms with Crippen molar-refractivity contribution >= 4 is 6.03 Å². The van der Waals surface area contributed by atoms with Crippen LogP contribution in [-0.4, -0.2) is 12.1 Å². The van der Waals surface area contributed by atoms with Gasteiger partial charge in [-0.3, -0.25) is 0 Å². The number of amides is 2. The summed E-state index contributed by atoms with van der Waals surface area (Å²) in [5.74, 6) is 1.72. The molecule has 3 N–H and O–H groups in total. The Bertz CT molecular complexity index is 181. The predicted molar refractivity (Wildman–Crippen MR) is 46.6 cm³/mol. The number of hydrogen-bond donors (Lipinski definition) is 2. The Morgan fingerprint density at radius 1 is 1.17 bits per heavy atom. The van der Waals surface area contributed by atoms with Crippen molar-refractivity contribution in [1.29, 1.82) is 0 Å². The lowest BCUT2D eigenvalue weighted by molar-refractivity contribution is 0.232. The molecule has 2 unspecified atom stereocenters. The minimum Gasteiger partial charge on any atom is -0.352 e. The average Bonchev–Trinajstić information content (AvgIpc) is 2.29. The van der Waals surface area contributed by atoms with Crippen molar-refractivity contribution in [2.75, 3.05) is 0 Å². The molecule has 0 heterocycles. The fourth-order valence-corrected chi connectivity index (χ4v) is 2.83. The number of nitrogens with one attached hydrogen (secondary N) is 1. The quantitative estimate of drug-likeness (QED) is 0.608. The van der Waals surface area contributed by atoms with E-state index in [-0.39, 0.29) is 6.03 Å². The standard InChI is InChI=1S/C9H16N2O/c10-9(12)11-8-4-6-1-2-7(3-6)5-8/h6-8H,1-5H2,(H3,10,11,12). The first-order valence-corrected chi connectivity index (χ1v) is 4.80. The first-order valence-electron chi connectivity index (χ1n) is 4.80. The summed E-state index contributed by atoms with van der Waals surface area (Å²) in [6.07, 6.45) is 6.42. The van der Waals surface area contributed by atoms with Crippen LogP contribution in [0.3, 0.4) is 0 Å². The summed E-state index contributed by atoms with van der Waals surface area (Å²) >= 11 is 0. The number of rotatable bonds is 1. The maximum Gasteiger partial charge on any atom is 0.312 e. The number of primary amides is 1. The van der Waals surface area contributed by atoms with Gasteiger partial charge in [0.1, 0.15) is 0 Å². The molecule has 68 valence electrons. The highest BCUT2D eigenvalue weighted by Gasteiger charge is 2.34. The summed E-state index contributed by atoms with van der Waals surface area (Å²) in [4.78, 5) is 10.6. The third kappa shape index (κ3) is 1.54. The van der Waals surface area contributed by atoms with Crippen molar-refractivity contribution in [3.05, 3.63) is 0 Å². The maximum absolute atomic E-state index is 10.6. The summed E-state index contributed by atoms with van der Waals surface area (Å²) in [5, 5.41) is 2.82. The number of carbonyl (C=O) groups is 1.